The molecule has 0 aromatic carbocycles. The Hall–Kier alpha value is -0.560. The predicted octanol–water partition coefficient (Wildman–Crippen LogP) is 1.76. The predicted molar refractivity (Wildman–Crippen MR) is 35.8 cm³/mol. The molecule has 0 aliphatic rings. The van der Waals surface area contributed by atoms with Gasteiger partial charge < -0.3 is 4.74 Å². The maximum atomic E-state index is 4.93. The van der Waals surface area contributed by atoms with Crippen LogP contribution in [0.2, 0.25) is 0 Å². The van der Waals surface area contributed by atoms with E-state index in [-0.39, 0.29) is 6.10 Å². The first-order valence-electron chi connectivity index (χ1n) is 2.56. The van der Waals surface area contributed by atoms with E-state index in [0.29, 0.717) is 0 Å². The molecule has 0 aliphatic carbocycles. The molecule has 0 aromatic heterocycles. The van der Waals surface area contributed by atoms with Gasteiger partial charge >= 0.3 is 0 Å². The topological polar surface area (TPSA) is 9.23 Å². The molecule has 1 atom stereocenters. The van der Waals surface area contributed by atoms with Crippen LogP contribution in [0, 0.1) is 0 Å². The van der Waals surface area contributed by atoms with Crippen molar-refractivity contribution in [2.24, 2.45) is 0 Å². The molecule has 0 saturated carbocycles. The van der Waals surface area contributed by atoms with Crippen molar-refractivity contribution in [2.75, 3.05) is 7.11 Å². The molecular weight excluding hydrogens is 100 g/mol. The molecule has 46 valence electrons. The van der Waals surface area contributed by atoms with E-state index in [9.17, 15) is 0 Å². The lowest BCUT2D eigenvalue weighted by atomic mass is 10.2. The lowest BCUT2D eigenvalue weighted by molar-refractivity contribution is 0.150. The summed E-state index contributed by atoms with van der Waals surface area (Å²) in [4.78, 5) is 0. The van der Waals surface area contributed by atoms with Gasteiger partial charge in [0.05, 0.1) is 6.10 Å². The fourth-order valence-corrected chi connectivity index (χ4v) is 0.317. The molecule has 8 heavy (non-hydrogen) atoms. The second-order valence-corrected chi connectivity index (χ2v) is 1.66. The van der Waals surface area contributed by atoms with Crippen LogP contribution >= 0.6 is 0 Å². The van der Waals surface area contributed by atoms with Crippen LogP contribution in [0.3, 0.4) is 0 Å². The second kappa shape index (κ2) is 3.44. The number of methoxy groups -OCH3 is 1. The first kappa shape index (κ1) is 7.44. The van der Waals surface area contributed by atoms with Crippen molar-refractivity contribution in [1.29, 1.82) is 0 Å². The molecule has 1 heteroatoms. The van der Waals surface area contributed by atoms with Gasteiger partial charge in [-0.3, -0.25) is 0 Å². The molecule has 0 radical (unpaired) electrons. The van der Waals surface area contributed by atoms with Crippen LogP contribution in [0.1, 0.15) is 6.92 Å². The van der Waals surface area contributed by atoms with Gasteiger partial charge in [0.15, 0.2) is 0 Å². The van der Waals surface area contributed by atoms with E-state index < -0.39 is 0 Å². The van der Waals surface area contributed by atoms with Gasteiger partial charge in [0, 0.05) is 7.11 Å². The van der Waals surface area contributed by atoms with Gasteiger partial charge in [-0.2, -0.15) is 0 Å². The summed E-state index contributed by atoms with van der Waals surface area (Å²) in [5, 5.41) is 0. The normalized spacial score (nSPS) is 12.8. The minimum absolute atomic E-state index is 0.104. The van der Waals surface area contributed by atoms with E-state index >= 15 is 0 Å². The van der Waals surface area contributed by atoms with Crippen LogP contribution in [0.5, 0.6) is 0 Å². The minimum Gasteiger partial charge on any atom is -0.377 e. The van der Waals surface area contributed by atoms with E-state index in [1.807, 2.05) is 6.92 Å². The zero-order valence-electron chi connectivity index (χ0n) is 5.48. The van der Waals surface area contributed by atoms with Gasteiger partial charge in [0.25, 0.3) is 0 Å². The zero-order chi connectivity index (χ0) is 6.57. The Morgan fingerprint density at radius 1 is 1.75 bits per heavy atom. The third-order valence-corrected chi connectivity index (χ3v) is 1.14. The first-order chi connectivity index (χ1) is 3.72. The SMILES string of the molecule is C=CC(=C)C(C)OC. The largest absolute Gasteiger partial charge is 0.377 e. The molecule has 0 rings (SSSR count). The Morgan fingerprint density at radius 3 is 2.38 bits per heavy atom. The van der Waals surface area contributed by atoms with Crippen molar-refractivity contribution < 1.29 is 4.74 Å². The zero-order valence-corrected chi connectivity index (χ0v) is 5.48. The molecular formula is C7H12O. The maximum absolute atomic E-state index is 4.93. The molecule has 0 heterocycles. The van der Waals surface area contributed by atoms with Crippen molar-refractivity contribution in [2.45, 2.75) is 13.0 Å². The maximum Gasteiger partial charge on any atom is 0.0787 e. The quantitative estimate of drug-likeness (QED) is 0.505. The third kappa shape index (κ3) is 1.94. The van der Waals surface area contributed by atoms with Crippen molar-refractivity contribution in [1.82, 2.24) is 0 Å². The standard InChI is InChI=1S/C7H12O/c1-5-6(2)7(3)8-4/h5,7H,1-2H2,3-4H3. The van der Waals surface area contributed by atoms with E-state index in [0.717, 1.165) is 5.57 Å². The minimum atomic E-state index is 0.104. The van der Waals surface area contributed by atoms with Crippen molar-refractivity contribution >= 4 is 0 Å². The summed E-state index contributed by atoms with van der Waals surface area (Å²) in [6.07, 6.45) is 1.81. The van der Waals surface area contributed by atoms with Crippen LogP contribution in [0.25, 0.3) is 0 Å². The second-order valence-electron chi connectivity index (χ2n) is 1.66. The Balaban J connectivity index is 3.62. The Morgan fingerprint density at radius 2 is 2.25 bits per heavy atom. The smallest absolute Gasteiger partial charge is 0.0787 e. The summed E-state index contributed by atoms with van der Waals surface area (Å²) < 4.78 is 4.93. The summed E-state index contributed by atoms with van der Waals surface area (Å²) in [6.45, 7) is 9.19. The molecule has 0 bridgehead atoms. The molecule has 0 fully saturated rings. The van der Waals surface area contributed by atoms with Crippen molar-refractivity contribution in [3.05, 3.63) is 24.8 Å². The highest BCUT2D eigenvalue weighted by Crippen LogP contribution is 2.01. The van der Waals surface area contributed by atoms with Crippen LogP contribution in [-0.2, 0) is 4.74 Å². The van der Waals surface area contributed by atoms with E-state index in [1.54, 1.807) is 13.2 Å². The third-order valence-electron chi connectivity index (χ3n) is 1.14. The fraction of sp³-hybridized carbons (Fsp3) is 0.429. The molecule has 1 unspecified atom stereocenters. The Labute approximate surface area is 50.7 Å². The summed E-state index contributed by atoms with van der Waals surface area (Å²) in [5.74, 6) is 0. The van der Waals surface area contributed by atoms with Gasteiger partial charge in [0.2, 0.25) is 0 Å². The van der Waals surface area contributed by atoms with Crippen LogP contribution in [-0.4, -0.2) is 13.2 Å². The highest BCUT2D eigenvalue weighted by molar-refractivity contribution is 5.15. The van der Waals surface area contributed by atoms with Crippen LogP contribution in [0.15, 0.2) is 24.8 Å². The Kier molecular flexibility index (Phi) is 3.20. The molecule has 0 N–H and O–H groups in total. The number of hydrogen-bond donors (Lipinski definition) is 0. The molecule has 0 amide bonds. The molecule has 0 spiro atoms. The van der Waals surface area contributed by atoms with Gasteiger partial charge in [-0.05, 0) is 12.5 Å². The van der Waals surface area contributed by atoms with Crippen LogP contribution in [0.4, 0.5) is 0 Å². The van der Waals surface area contributed by atoms with Gasteiger partial charge in [-0.1, -0.05) is 19.2 Å². The van der Waals surface area contributed by atoms with E-state index in [2.05, 4.69) is 13.2 Å². The number of rotatable bonds is 3. The molecule has 0 saturated heterocycles. The summed E-state index contributed by atoms with van der Waals surface area (Å²) in [5.41, 5.74) is 0.924. The lowest BCUT2D eigenvalue weighted by Crippen LogP contribution is -2.04. The van der Waals surface area contributed by atoms with Gasteiger partial charge in [0.1, 0.15) is 0 Å². The van der Waals surface area contributed by atoms with Crippen molar-refractivity contribution in [3.8, 4) is 0 Å². The molecule has 0 aromatic rings. The van der Waals surface area contributed by atoms with E-state index in [1.165, 1.54) is 0 Å². The highest BCUT2D eigenvalue weighted by Gasteiger charge is 1.97. The molecule has 0 aliphatic heterocycles. The fourth-order valence-electron chi connectivity index (χ4n) is 0.317. The average molecular weight is 112 g/mol. The van der Waals surface area contributed by atoms with Gasteiger partial charge in [-0.25, -0.2) is 0 Å². The van der Waals surface area contributed by atoms with Crippen molar-refractivity contribution in [3.63, 3.8) is 0 Å². The van der Waals surface area contributed by atoms with E-state index in [4.69, 9.17) is 4.74 Å². The number of hydrogen-bond acceptors (Lipinski definition) is 1. The average Bonchev–Trinajstić information content (AvgIpc) is 1.84. The molecule has 1 nitrogen and oxygen atoms in total. The Bertz CT molecular complexity index is 94.6. The summed E-state index contributed by atoms with van der Waals surface area (Å²) in [7, 11) is 1.65. The lowest BCUT2D eigenvalue weighted by Gasteiger charge is -2.06. The summed E-state index contributed by atoms with van der Waals surface area (Å²) >= 11 is 0. The summed E-state index contributed by atoms with van der Waals surface area (Å²) in [6, 6.07) is 0. The first-order valence-corrected chi connectivity index (χ1v) is 2.56. The monoisotopic (exact) mass is 112 g/mol. The van der Waals surface area contributed by atoms with Crippen LogP contribution < -0.4 is 0 Å². The van der Waals surface area contributed by atoms with Gasteiger partial charge in [-0.15, -0.1) is 0 Å². The number of ether oxygens (including phenoxy) is 1. The highest BCUT2D eigenvalue weighted by atomic mass is 16.5.